The number of aromatic carboxylic acids is 1. The number of imidazole rings is 1. The Bertz CT molecular complexity index is 1410. The Morgan fingerprint density at radius 2 is 1.97 bits per heavy atom. The van der Waals surface area contributed by atoms with Crippen LogP contribution in [0.1, 0.15) is 22.4 Å². The fraction of sp³-hybridized carbons (Fsp3) is 0.318. The number of amides is 1. The van der Waals surface area contributed by atoms with Crippen molar-refractivity contribution in [3.05, 3.63) is 47.2 Å². The molecule has 1 amide bonds. The van der Waals surface area contributed by atoms with Gasteiger partial charge in [0.25, 0.3) is 0 Å². The molecule has 14 heteroatoms. The monoisotopic (exact) mass is 519 g/mol. The average Bonchev–Trinajstić information content (AvgIpc) is 3.55. The van der Waals surface area contributed by atoms with Crippen LogP contribution in [0.25, 0.3) is 22.6 Å². The van der Waals surface area contributed by atoms with Gasteiger partial charge in [0, 0.05) is 31.9 Å². The lowest BCUT2D eigenvalue weighted by molar-refractivity contribution is -0.137. The van der Waals surface area contributed by atoms with Gasteiger partial charge in [0.1, 0.15) is 17.2 Å². The topological polar surface area (TPSA) is 120 Å². The standard InChI is InChI=1S/C22H20F3N7O3S/c1-12-10-30(8-9-32(12)16(33)11-31-7-6-15(29-31)20(34)35)19-17(28-21(36-19)22(23,24)25)18-26-13-4-2-3-5-14(13)27-18/h2-7,12H,8-11H2,1H3,(H,26,27)(H,34,35)/t12-/m1/s1. The van der Waals surface area contributed by atoms with E-state index in [4.69, 9.17) is 5.11 Å². The summed E-state index contributed by atoms with van der Waals surface area (Å²) in [5.74, 6) is -1.21. The van der Waals surface area contributed by atoms with E-state index in [2.05, 4.69) is 20.1 Å². The van der Waals surface area contributed by atoms with Crippen LogP contribution < -0.4 is 4.90 Å². The number of nitrogens with one attached hydrogen (secondary N) is 1. The van der Waals surface area contributed by atoms with Gasteiger partial charge in [-0.3, -0.25) is 9.48 Å². The first-order chi connectivity index (χ1) is 17.1. The third kappa shape index (κ3) is 4.51. The van der Waals surface area contributed by atoms with Gasteiger partial charge in [-0.2, -0.15) is 18.3 Å². The van der Waals surface area contributed by atoms with Gasteiger partial charge in [-0.25, -0.2) is 14.8 Å². The molecule has 188 valence electrons. The SMILES string of the molecule is C[C@@H]1CN(c2sc(C(F)(F)F)nc2-c2nc3ccccc3[nH]2)CCN1C(=O)Cn1ccc(C(=O)O)n1. The van der Waals surface area contributed by atoms with Crippen molar-refractivity contribution in [2.75, 3.05) is 24.5 Å². The number of carboxylic acid groups (broad SMARTS) is 1. The highest BCUT2D eigenvalue weighted by Crippen LogP contribution is 2.42. The number of hydrogen-bond donors (Lipinski definition) is 2. The molecule has 1 fully saturated rings. The number of H-pyrrole nitrogens is 1. The van der Waals surface area contributed by atoms with Gasteiger partial charge in [0.2, 0.25) is 10.9 Å². The second-order valence-corrected chi connectivity index (χ2v) is 9.34. The van der Waals surface area contributed by atoms with Gasteiger partial charge in [-0.05, 0) is 25.1 Å². The quantitative estimate of drug-likeness (QED) is 0.415. The van der Waals surface area contributed by atoms with Crippen molar-refractivity contribution < 1.29 is 27.9 Å². The van der Waals surface area contributed by atoms with Crippen LogP contribution in [-0.2, 0) is 17.5 Å². The van der Waals surface area contributed by atoms with Crippen molar-refractivity contribution in [1.29, 1.82) is 0 Å². The third-order valence-corrected chi connectivity index (χ3v) is 7.02. The summed E-state index contributed by atoms with van der Waals surface area (Å²) in [4.78, 5) is 38.7. The summed E-state index contributed by atoms with van der Waals surface area (Å²) in [5, 5.41) is 12.2. The number of hydrogen-bond acceptors (Lipinski definition) is 7. The number of halogens is 3. The minimum Gasteiger partial charge on any atom is -0.476 e. The minimum atomic E-state index is -4.61. The Kier molecular flexibility index (Phi) is 5.90. The Morgan fingerprint density at radius 3 is 2.64 bits per heavy atom. The summed E-state index contributed by atoms with van der Waals surface area (Å²) >= 11 is 0.554. The molecule has 0 saturated carbocycles. The number of para-hydroxylation sites is 2. The summed E-state index contributed by atoms with van der Waals surface area (Å²) in [6, 6.07) is 8.13. The maximum atomic E-state index is 13.6. The summed E-state index contributed by atoms with van der Waals surface area (Å²) < 4.78 is 42.0. The molecule has 1 saturated heterocycles. The molecular weight excluding hydrogens is 499 g/mol. The van der Waals surface area contributed by atoms with Crippen molar-refractivity contribution in [2.45, 2.75) is 25.7 Å². The molecule has 36 heavy (non-hydrogen) atoms. The summed E-state index contributed by atoms with van der Waals surface area (Å²) in [5.41, 5.74) is 1.26. The van der Waals surface area contributed by atoms with Crippen molar-refractivity contribution in [2.24, 2.45) is 0 Å². The Morgan fingerprint density at radius 1 is 1.19 bits per heavy atom. The van der Waals surface area contributed by atoms with E-state index < -0.39 is 17.2 Å². The zero-order chi connectivity index (χ0) is 25.6. The van der Waals surface area contributed by atoms with E-state index in [9.17, 15) is 22.8 Å². The number of fused-ring (bicyclic) bond motifs is 1. The molecule has 4 heterocycles. The van der Waals surface area contributed by atoms with Gasteiger partial charge >= 0.3 is 12.1 Å². The second-order valence-electron chi connectivity index (χ2n) is 8.36. The van der Waals surface area contributed by atoms with Crippen LogP contribution in [0.2, 0.25) is 0 Å². The number of benzene rings is 1. The highest BCUT2D eigenvalue weighted by Gasteiger charge is 2.39. The number of anilines is 1. The molecule has 1 aliphatic heterocycles. The van der Waals surface area contributed by atoms with E-state index in [0.29, 0.717) is 33.9 Å². The first-order valence-electron chi connectivity index (χ1n) is 10.9. The minimum absolute atomic E-state index is 0.119. The summed E-state index contributed by atoms with van der Waals surface area (Å²) in [6.07, 6.45) is -3.19. The summed E-state index contributed by atoms with van der Waals surface area (Å²) in [7, 11) is 0. The maximum absolute atomic E-state index is 13.6. The van der Waals surface area contributed by atoms with E-state index in [-0.39, 0.29) is 48.8 Å². The lowest BCUT2D eigenvalue weighted by Crippen LogP contribution is -2.54. The summed E-state index contributed by atoms with van der Waals surface area (Å²) in [6.45, 7) is 2.52. The lowest BCUT2D eigenvalue weighted by atomic mass is 10.2. The number of piperazine rings is 1. The number of carbonyl (C=O) groups is 2. The second kappa shape index (κ2) is 8.93. The maximum Gasteiger partial charge on any atom is 0.443 e. The molecule has 1 aliphatic rings. The fourth-order valence-electron chi connectivity index (χ4n) is 4.17. The van der Waals surface area contributed by atoms with E-state index in [1.807, 2.05) is 6.92 Å². The molecule has 0 spiro atoms. The first kappa shape index (κ1) is 23.8. The molecule has 0 bridgehead atoms. The van der Waals surface area contributed by atoms with Crippen LogP contribution in [0.4, 0.5) is 18.2 Å². The van der Waals surface area contributed by atoms with Gasteiger partial charge in [0.15, 0.2) is 11.5 Å². The fourth-order valence-corrected chi connectivity index (χ4v) is 5.14. The molecule has 2 N–H and O–H groups in total. The zero-order valence-electron chi connectivity index (χ0n) is 18.9. The molecule has 0 radical (unpaired) electrons. The number of aromatic nitrogens is 5. The molecule has 1 aromatic carbocycles. The van der Waals surface area contributed by atoms with Crippen molar-refractivity contribution in [3.63, 3.8) is 0 Å². The molecule has 10 nitrogen and oxygen atoms in total. The lowest BCUT2D eigenvalue weighted by Gasteiger charge is -2.40. The molecule has 0 unspecified atom stereocenters. The van der Waals surface area contributed by atoms with Gasteiger partial charge in [0.05, 0.1) is 11.0 Å². The van der Waals surface area contributed by atoms with Crippen LogP contribution in [0.5, 0.6) is 0 Å². The van der Waals surface area contributed by atoms with Crippen LogP contribution in [0, 0.1) is 0 Å². The molecule has 3 aromatic heterocycles. The van der Waals surface area contributed by atoms with Gasteiger partial charge in [-0.15, -0.1) is 0 Å². The van der Waals surface area contributed by atoms with E-state index >= 15 is 0 Å². The van der Waals surface area contributed by atoms with Crippen molar-refractivity contribution >= 4 is 39.2 Å². The number of nitrogens with zero attached hydrogens (tertiary/aromatic N) is 6. The van der Waals surface area contributed by atoms with Crippen LogP contribution in [0.3, 0.4) is 0 Å². The predicted octanol–water partition coefficient (Wildman–Crippen LogP) is 3.34. The smallest absolute Gasteiger partial charge is 0.443 e. The number of aromatic amines is 1. The van der Waals surface area contributed by atoms with E-state index in [1.165, 1.54) is 16.9 Å². The largest absolute Gasteiger partial charge is 0.476 e. The highest BCUT2D eigenvalue weighted by molar-refractivity contribution is 7.16. The number of alkyl halides is 3. The predicted molar refractivity (Wildman–Crippen MR) is 125 cm³/mol. The third-order valence-electron chi connectivity index (χ3n) is 5.86. The molecule has 1 atom stereocenters. The molecule has 5 rings (SSSR count). The normalized spacial score (nSPS) is 16.6. The highest BCUT2D eigenvalue weighted by atomic mass is 32.1. The number of rotatable bonds is 5. The number of carboxylic acids is 1. The van der Waals surface area contributed by atoms with E-state index in [1.54, 1.807) is 34.1 Å². The van der Waals surface area contributed by atoms with Crippen LogP contribution in [0.15, 0.2) is 36.5 Å². The zero-order valence-corrected chi connectivity index (χ0v) is 19.7. The average molecular weight is 520 g/mol. The van der Waals surface area contributed by atoms with Crippen LogP contribution in [-0.4, -0.2) is 72.3 Å². The molecule has 0 aliphatic carbocycles. The number of carbonyl (C=O) groups excluding carboxylic acids is 1. The Labute approximate surface area is 206 Å². The Hall–Kier alpha value is -3.94. The molecule has 4 aromatic rings. The number of thiazole rings is 1. The first-order valence-corrected chi connectivity index (χ1v) is 11.8. The van der Waals surface area contributed by atoms with Crippen molar-refractivity contribution in [3.8, 4) is 11.5 Å². The van der Waals surface area contributed by atoms with Crippen LogP contribution >= 0.6 is 11.3 Å². The van der Waals surface area contributed by atoms with Gasteiger partial charge < -0.3 is 19.9 Å². The Balaban J connectivity index is 1.38. The van der Waals surface area contributed by atoms with Gasteiger partial charge in [-0.1, -0.05) is 23.5 Å². The van der Waals surface area contributed by atoms with Crippen molar-refractivity contribution in [1.82, 2.24) is 29.6 Å². The molecular formula is C22H20F3N7O3S. The van der Waals surface area contributed by atoms with E-state index in [0.717, 1.165) is 0 Å².